The van der Waals surface area contributed by atoms with Crippen LogP contribution in [0.25, 0.3) is 0 Å². The van der Waals surface area contributed by atoms with Gasteiger partial charge in [-0.3, -0.25) is 9.80 Å². The third-order valence-corrected chi connectivity index (χ3v) is 3.27. The quantitative estimate of drug-likeness (QED) is 0.500. The molecule has 0 aliphatic carbocycles. The van der Waals surface area contributed by atoms with Gasteiger partial charge in [0.15, 0.2) is 0 Å². The molecule has 0 spiro atoms. The lowest BCUT2D eigenvalue weighted by Crippen LogP contribution is -2.48. The van der Waals surface area contributed by atoms with Crippen LogP contribution in [0.1, 0.15) is 0 Å². The second kappa shape index (κ2) is 11.6. The van der Waals surface area contributed by atoms with Crippen LogP contribution in [0, 0.1) is 0 Å². The third-order valence-electron chi connectivity index (χ3n) is 3.27. The first-order chi connectivity index (χ1) is 9.36. The minimum atomic E-state index is 0.642. The van der Waals surface area contributed by atoms with Gasteiger partial charge in [0.2, 0.25) is 0 Å². The van der Waals surface area contributed by atoms with E-state index in [1.54, 1.807) is 7.11 Å². The highest BCUT2D eigenvalue weighted by Gasteiger charge is 2.15. The molecule has 19 heavy (non-hydrogen) atoms. The number of piperazine rings is 1. The van der Waals surface area contributed by atoms with Crippen molar-refractivity contribution < 1.29 is 14.2 Å². The van der Waals surface area contributed by atoms with E-state index in [0.717, 1.165) is 52.4 Å². The van der Waals surface area contributed by atoms with Gasteiger partial charge in [-0.15, -0.1) is 0 Å². The van der Waals surface area contributed by atoms with Gasteiger partial charge >= 0.3 is 0 Å². The standard InChI is InChI=1S/C13H29N3O3/c1-17-10-11-19-13-12-18-9-8-16-6-4-15(3-2-14)5-7-16/h2-14H2,1H3. The lowest BCUT2D eigenvalue weighted by atomic mass is 10.3. The first-order valence-electron chi connectivity index (χ1n) is 7.16. The van der Waals surface area contributed by atoms with Crippen molar-refractivity contribution in [2.24, 2.45) is 5.73 Å². The van der Waals surface area contributed by atoms with E-state index in [0.29, 0.717) is 26.4 Å². The van der Waals surface area contributed by atoms with Gasteiger partial charge in [0.05, 0.1) is 33.0 Å². The second-order valence-corrected chi connectivity index (χ2v) is 4.69. The fraction of sp³-hybridized carbons (Fsp3) is 1.00. The van der Waals surface area contributed by atoms with Crippen LogP contribution in [0.4, 0.5) is 0 Å². The van der Waals surface area contributed by atoms with Gasteiger partial charge in [-0.05, 0) is 0 Å². The van der Waals surface area contributed by atoms with Crippen molar-refractivity contribution in [1.29, 1.82) is 0 Å². The number of rotatable bonds is 11. The summed E-state index contributed by atoms with van der Waals surface area (Å²) in [5.41, 5.74) is 5.56. The second-order valence-electron chi connectivity index (χ2n) is 4.69. The zero-order chi connectivity index (χ0) is 13.8. The fourth-order valence-corrected chi connectivity index (χ4v) is 2.08. The zero-order valence-electron chi connectivity index (χ0n) is 12.2. The summed E-state index contributed by atoms with van der Waals surface area (Å²) in [6, 6.07) is 0. The SMILES string of the molecule is COCCOCCOCCN1CCN(CCN)CC1. The molecular weight excluding hydrogens is 246 g/mol. The highest BCUT2D eigenvalue weighted by Crippen LogP contribution is 2.00. The van der Waals surface area contributed by atoms with E-state index < -0.39 is 0 Å². The molecule has 1 aliphatic heterocycles. The summed E-state index contributed by atoms with van der Waals surface area (Å²) >= 11 is 0. The van der Waals surface area contributed by atoms with E-state index in [1.807, 2.05) is 0 Å². The minimum Gasteiger partial charge on any atom is -0.382 e. The van der Waals surface area contributed by atoms with Gasteiger partial charge in [-0.25, -0.2) is 0 Å². The number of ether oxygens (including phenoxy) is 3. The summed E-state index contributed by atoms with van der Waals surface area (Å²) in [5.74, 6) is 0. The molecule has 1 saturated heterocycles. The topological polar surface area (TPSA) is 60.2 Å². The number of hydrogen-bond donors (Lipinski definition) is 1. The Morgan fingerprint density at radius 2 is 1.32 bits per heavy atom. The molecule has 1 rings (SSSR count). The van der Waals surface area contributed by atoms with Gasteiger partial charge in [0, 0.05) is 52.9 Å². The van der Waals surface area contributed by atoms with Crippen LogP contribution >= 0.6 is 0 Å². The maximum Gasteiger partial charge on any atom is 0.0701 e. The number of nitrogens with zero attached hydrogens (tertiary/aromatic N) is 2. The largest absolute Gasteiger partial charge is 0.382 e. The minimum absolute atomic E-state index is 0.642. The normalized spacial score (nSPS) is 18.0. The molecule has 0 amide bonds. The predicted octanol–water partition coefficient (Wildman–Crippen LogP) is -0.758. The summed E-state index contributed by atoms with van der Waals surface area (Å²) in [7, 11) is 1.67. The molecule has 0 unspecified atom stereocenters. The van der Waals surface area contributed by atoms with E-state index in [2.05, 4.69) is 9.80 Å². The Bertz CT molecular complexity index is 200. The Labute approximate surface area is 116 Å². The summed E-state index contributed by atoms with van der Waals surface area (Å²) in [6.45, 7) is 10.6. The van der Waals surface area contributed by atoms with Crippen molar-refractivity contribution in [3.63, 3.8) is 0 Å². The van der Waals surface area contributed by atoms with E-state index in [4.69, 9.17) is 19.9 Å². The number of methoxy groups -OCH3 is 1. The first-order valence-corrected chi connectivity index (χ1v) is 7.16. The summed E-state index contributed by atoms with van der Waals surface area (Å²) in [6.07, 6.45) is 0. The molecule has 0 aromatic carbocycles. The monoisotopic (exact) mass is 275 g/mol. The fourth-order valence-electron chi connectivity index (χ4n) is 2.08. The molecule has 0 radical (unpaired) electrons. The summed E-state index contributed by atoms with van der Waals surface area (Å²) in [5, 5.41) is 0. The molecule has 2 N–H and O–H groups in total. The highest BCUT2D eigenvalue weighted by molar-refractivity contribution is 4.71. The predicted molar refractivity (Wildman–Crippen MR) is 75.4 cm³/mol. The van der Waals surface area contributed by atoms with Crippen LogP contribution in [0.15, 0.2) is 0 Å². The van der Waals surface area contributed by atoms with Crippen molar-refractivity contribution in [3.05, 3.63) is 0 Å². The van der Waals surface area contributed by atoms with E-state index in [1.165, 1.54) is 0 Å². The Kier molecular flexibility index (Phi) is 10.2. The van der Waals surface area contributed by atoms with Crippen molar-refractivity contribution in [2.45, 2.75) is 0 Å². The van der Waals surface area contributed by atoms with Crippen LogP contribution in [-0.4, -0.2) is 95.8 Å². The molecule has 114 valence electrons. The average Bonchev–Trinajstić information content (AvgIpc) is 2.44. The van der Waals surface area contributed by atoms with Crippen molar-refractivity contribution in [2.75, 3.05) is 86.0 Å². The third kappa shape index (κ3) is 8.52. The maximum absolute atomic E-state index is 5.56. The molecule has 0 aromatic rings. The van der Waals surface area contributed by atoms with Gasteiger partial charge < -0.3 is 19.9 Å². The van der Waals surface area contributed by atoms with E-state index >= 15 is 0 Å². The van der Waals surface area contributed by atoms with Crippen molar-refractivity contribution in [3.8, 4) is 0 Å². The molecule has 1 fully saturated rings. The Morgan fingerprint density at radius 1 is 0.789 bits per heavy atom. The molecule has 0 bridgehead atoms. The van der Waals surface area contributed by atoms with Crippen LogP contribution < -0.4 is 5.73 Å². The van der Waals surface area contributed by atoms with Crippen molar-refractivity contribution in [1.82, 2.24) is 9.80 Å². The smallest absolute Gasteiger partial charge is 0.0701 e. The van der Waals surface area contributed by atoms with Crippen LogP contribution in [-0.2, 0) is 14.2 Å². The van der Waals surface area contributed by atoms with Gasteiger partial charge in [0.25, 0.3) is 0 Å². The molecule has 1 aliphatic rings. The van der Waals surface area contributed by atoms with Gasteiger partial charge in [-0.2, -0.15) is 0 Å². The van der Waals surface area contributed by atoms with E-state index in [-0.39, 0.29) is 0 Å². The zero-order valence-corrected chi connectivity index (χ0v) is 12.2. The summed E-state index contributed by atoms with van der Waals surface area (Å²) in [4.78, 5) is 4.86. The van der Waals surface area contributed by atoms with Crippen LogP contribution in [0.2, 0.25) is 0 Å². The number of nitrogens with two attached hydrogens (primary N) is 1. The van der Waals surface area contributed by atoms with Crippen LogP contribution in [0.5, 0.6) is 0 Å². The van der Waals surface area contributed by atoms with Crippen molar-refractivity contribution >= 4 is 0 Å². The molecule has 0 saturated carbocycles. The molecule has 6 nitrogen and oxygen atoms in total. The lowest BCUT2D eigenvalue weighted by Gasteiger charge is -2.34. The lowest BCUT2D eigenvalue weighted by molar-refractivity contribution is 0.0159. The van der Waals surface area contributed by atoms with Gasteiger partial charge in [0.1, 0.15) is 0 Å². The maximum atomic E-state index is 5.56. The molecule has 0 aromatic heterocycles. The number of hydrogen-bond acceptors (Lipinski definition) is 6. The molecule has 0 atom stereocenters. The molecular formula is C13H29N3O3. The summed E-state index contributed by atoms with van der Waals surface area (Å²) < 4.78 is 15.8. The first kappa shape index (κ1) is 16.8. The van der Waals surface area contributed by atoms with Crippen LogP contribution in [0.3, 0.4) is 0 Å². The van der Waals surface area contributed by atoms with Gasteiger partial charge in [-0.1, -0.05) is 0 Å². The Hall–Kier alpha value is -0.240. The Balaban J connectivity index is 1.85. The molecule has 6 heteroatoms. The highest BCUT2D eigenvalue weighted by atomic mass is 16.5. The van der Waals surface area contributed by atoms with E-state index in [9.17, 15) is 0 Å². The average molecular weight is 275 g/mol. The molecule has 1 heterocycles. The Morgan fingerprint density at radius 3 is 1.89 bits per heavy atom.